The summed E-state index contributed by atoms with van der Waals surface area (Å²) < 4.78 is 27.2. The third-order valence-corrected chi connectivity index (χ3v) is 3.68. The number of aryl methyl sites for hydroxylation is 1. The van der Waals surface area contributed by atoms with Crippen molar-refractivity contribution >= 4 is 11.8 Å². The van der Waals surface area contributed by atoms with E-state index in [0.717, 1.165) is 12.1 Å². The molecule has 1 saturated carbocycles. The van der Waals surface area contributed by atoms with Crippen molar-refractivity contribution in [3.8, 4) is 0 Å². The van der Waals surface area contributed by atoms with Crippen LogP contribution in [0.25, 0.3) is 0 Å². The number of ketones is 1. The maximum atomic E-state index is 13.7. The molecule has 0 amide bonds. The summed E-state index contributed by atoms with van der Waals surface area (Å²) in [6, 6.07) is 1.83. The highest BCUT2D eigenvalue weighted by molar-refractivity contribution is 6.00. The number of rotatable bonds is 3. The van der Waals surface area contributed by atoms with Crippen LogP contribution in [0.5, 0.6) is 0 Å². The summed E-state index contributed by atoms with van der Waals surface area (Å²) >= 11 is 0. The van der Waals surface area contributed by atoms with Crippen LogP contribution < -0.4 is 0 Å². The van der Waals surface area contributed by atoms with Crippen molar-refractivity contribution in [3.63, 3.8) is 0 Å². The van der Waals surface area contributed by atoms with Crippen LogP contribution >= 0.6 is 0 Å². The molecule has 1 aromatic rings. The molecule has 2 rings (SSSR count). The molecule has 19 heavy (non-hydrogen) atoms. The van der Waals surface area contributed by atoms with E-state index in [4.69, 9.17) is 5.11 Å². The lowest BCUT2D eigenvalue weighted by molar-refractivity contribution is -0.142. The number of hydrogen-bond acceptors (Lipinski definition) is 2. The average molecular weight is 268 g/mol. The molecule has 0 saturated heterocycles. The van der Waals surface area contributed by atoms with Gasteiger partial charge < -0.3 is 5.11 Å². The lowest BCUT2D eigenvalue weighted by Crippen LogP contribution is -2.26. The van der Waals surface area contributed by atoms with Crippen LogP contribution in [0.4, 0.5) is 8.78 Å². The summed E-state index contributed by atoms with van der Waals surface area (Å²) in [5, 5.41) is 9.03. The van der Waals surface area contributed by atoms with Crippen LogP contribution in [0.15, 0.2) is 12.1 Å². The first-order valence-electron chi connectivity index (χ1n) is 6.14. The van der Waals surface area contributed by atoms with Gasteiger partial charge in [0.25, 0.3) is 0 Å². The Kier molecular flexibility index (Phi) is 3.64. The number of Topliss-reactive ketones (excluding diaryl/α,β-unsaturated/α-hetero) is 1. The number of halogens is 2. The predicted octanol–water partition coefficient (Wildman–Crippen LogP) is 2.96. The van der Waals surface area contributed by atoms with E-state index in [1.165, 1.54) is 6.92 Å². The molecule has 5 heteroatoms. The Balaban J connectivity index is 2.34. The molecule has 2 unspecified atom stereocenters. The third-order valence-electron chi connectivity index (χ3n) is 3.68. The van der Waals surface area contributed by atoms with Crippen LogP contribution in [0.1, 0.15) is 35.2 Å². The Hall–Kier alpha value is -1.78. The SMILES string of the molecule is Cc1cc(F)c(C(=O)C2CCCC2C(=O)O)cc1F. The second-order valence-corrected chi connectivity index (χ2v) is 4.93. The smallest absolute Gasteiger partial charge is 0.307 e. The standard InChI is InChI=1S/C14H14F2O3/c1-7-5-12(16)10(6-11(7)15)13(17)8-3-2-4-9(8)14(18)19/h5-6,8-9H,2-4H2,1H3,(H,18,19). The Morgan fingerprint density at radius 3 is 2.42 bits per heavy atom. The fraction of sp³-hybridized carbons (Fsp3) is 0.429. The summed E-state index contributed by atoms with van der Waals surface area (Å²) in [6.07, 6.45) is 1.43. The van der Waals surface area contributed by atoms with Gasteiger partial charge in [0.1, 0.15) is 11.6 Å². The maximum absolute atomic E-state index is 13.7. The van der Waals surface area contributed by atoms with Crippen molar-refractivity contribution in [2.45, 2.75) is 26.2 Å². The van der Waals surface area contributed by atoms with E-state index in [-0.39, 0.29) is 11.1 Å². The van der Waals surface area contributed by atoms with Gasteiger partial charge in [-0.1, -0.05) is 6.42 Å². The van der Waals surface area contributed by atoms with E-state index in [1.54, 1.807) is 0 Å². The molecule has 0 aliphatic heterocycles. The van der Waals surface area contributed by atoms with Crippen molar-refractivity contribution in [3.05, 3.63) is 34.9 Å². The zero-order chi connectivity index (χ0) is 14.2. The van der Waals surface area contributed by atoms with E-state index in [2.05, 4.69) is 0 Å². The van der Waals surface area contributed by atoms with Crippen molar-refractivity contribution in [2.75, 3.05) is 0 Å². The molecule has 3 nitrogen and oxygen atoms in total. The highest BCUT2D eigenvalue weighted by Crippen LogP contribution is 2.35. The lowest BCUT2D eigenvalue weighted by atomic mass is 9.88. The van der Waals surface area contributed by atoms with Gasteiger partial charge in [-0.15, -0.1) is 0 Å². The Bertz CT molecular complexity index is 540. The van der Waals surface area contributed by atoms with E-state index < -0.39 is 35.2 Å². The van der Waals surface area contributed by atoms with Gasteiger partial charge in [0.15, 0.2) is 5.78 Å². The minimum atomic E-state index is -1.05. The molecular formula is C14H14F2O3. The van der Waals surface area contributed by atoms with E-state index in [0.29, 0.717) is 19.3 Å². The van der Waals surface area contributed by atoms with Gasteiger partial charge in [-0.2, -0.15) is 0 Å². The van der Waals surface area contributed by atoms with Crippen molar-refractivity contribution in [1.82, 2.24) is 0 Å². The minimum absolute atomic E-state index is 0.121. The normalized spacial score (nSPS) is 22.5. The quantitative estimate of drug-likeness (QED) is 0.857. The molecule has 0 radical (unpaired) electrons. The summed E-state index contributed by atoms with van der Waals surface area (Å²) in [7, 11) is 0. The Morgan fingerprint density at radius 1 is 1.16 bits per heavy atom. The average Bonchev–Trinajstić information content (AvgIpc) is 2.82. The Morgan fingerprint density at radius 2 is 1.79 bits per heavy atom. The number of aliphatic carboxylic acids is 1. The monoisotopic (exact) mass is 268 g/mol. The molecule has 0 bridgehead atoms. The third kappa shape index (κ3) is 2.50. The molecule has 102 valence electrons. The predicted molar refractivity (Wildman–Crippen MR) is 63.9 cm³/mol. The molecule has 1 fully saturated rings. The van der Waals surface area contributed by atoms with Crippen LogP contribution in [0, 0.1) is 30.4 Å². The zero-order valence-corrected chi connectivity index (χ0v) is 10.5. The number of carboxylic acid groups (broad SMARTS) is 1. The van der Waals surface area contributed by atoms with Crippen molar-refractivity contribution in [1.29, 1.82) is 0 Å². The molecule has 0 heterocycles. The van der Waals surface area contributed by atoms with Gasteiger partial charge in [-0.3, -0.25) is 9.59 Å². The fourth-order valence-corrected chi connectivity index (χ4v) is 2.60. The van der Waals surface area contributed by atoms with E-state index in [9.17, 15) is 18.4 Å². The van der Waals surface area contributed by atoms with Gasteiger partial charge in [-0.25, -0.2) is 8.78 Å². The summed E-state index contributed by atoms with van der Waals surface area (Å²) in [4.78, 5) is 23.2. The molecule has 0 spiro atoms. The topological polar surface area (TPSA) is 54.4 Å². The second-order valence-electron chi connectivity index (χ2n) is 4.93. The Labute approximate surface area is 109 Å². The molecule has 2 atom stereocenters. The fourth-order valence-electron chi connectivity index (χ4n) is 2.60. The van der Waals surface area contributed by atoms with Gasteiger partial charge in [0.05, 0.1) is 11.5 Å². The summed E-state index contributed by atoms with van der Waals surface area (Å²) in [6.45, 7) is 1.41. The first kappa shape index (κ1) is 13.6. The summed E-state index contributed by atoms with van der Waals surface area (Å²) in [5.41, 5.74) is -0.225. The zero-order valence-electron chi connectivity index (χ0n) is 10.5. The van der Waals surface area contributed by atoms with Gasteiger partial charge >= 0.3 is 5.97 Å². The minimum Gasteiger partial charge on any atom is -0.481 e. The van der Waals surface area contributed by atoms with E-state index >= 15 is 0 Å². The van der Waals surface area contributed by atoms with Crippen LogP contribution in [-0.4, -0.2) is 16.9 Å². The molecule has 1 aliphatic carbocycles. The summed E-state index contributed by atoms with van der Waals surface area (Å²) in [5.74, 6) is -4.66. The number of carbonyl (C=O) groups excluding carboxylic acids is 1. The van der Waals surface area contributed by atoms with Crippen molar-refractivity contribution < 1.29 is 23.5 Å². The largest absolute Gasteiger partial charge is 0.481 e. The molecule has 1 aromatic carbocycles. The number of hydrogen-bond donors (Lipinski definition) is 1. The molecule has 1 aliphatic rings. The first-order valence-corrected chi connectivity index (χ1v) is 6.14. The van der Waals surface area contributed by atoms with Crippen LogP contribution in [0.3, 0.4) is 0 Å². The van der Waals surface area contributed by atoms with E-state index in [1.807, 2.05) is 0 Å². The molecular weight excluding hydrogens is 254 g/mol. The highest BCUT2D eigenvalue weighted by atomic mass is 19.1. The lowest BCUT2D eigenvalue weighted by Gasteiger charge is -2.15. The maximum Gasteiger partial charge on any atom is 0.307 e. The van der Waals surface area contributed by atoms with Gasteiger partial charge in [-0.05, 0) is 37.5 Å². The molecule has 1 N–H and O–H groups in total. The number of benzene rings is 1. The van der Waals surface area contributed by atoms with Gasteiger partial charge in [0, 0.05) is 5.92 Å². The van der Waals surface area contributed by atoms with Crippen LogP contribution in [-0.2, 0) is 4.79 Å². The van der Waals surface area contributed by atoms with Gasteiger partial charge in [0.2, 0.25) is 0 Å². The van der Waals surface area contributed by atoms with Crippen molar-refractivity contribution in [2.24, 2.45) is 11.8 Å². The highest BCUT2D eigenvalue weighted by Gasteiger charge is 2.38. The number of carbonyl (C=O) groups is 2. The second kappa shape index (κ2) is 5.07. The number of carboxylic acids is 1. The molecule has 0 aromatic heterocycles. The van der Waals surface area contributed by atoms with Crippen LogP contribution in [0.2, 0.25) is 0 Å². The first-order chi connectivity index (χ1) is 8.91.